The Hall–Kier alpha value is -3.70. The monoisotopic (exact) mass is 494 g/mol. The van der Waals surface area contributed by atoms with Crippen LogP contribution in [0, 0.1) is 0 Å². The van der Waals surface area contributed by atoms with E-state index in [0.29, 0.717) is 53.8 Å². The zero-order valence-corrected chi connectivity index (χ0v) is 20.5. The van der Waals surface area contributed by atoms with Crippen LogP contribution >= 0.6 is 0 Å². The number of benzene rings is 1. The summed E-state index contributed by atoms with van der Waals surface area (Å²) in [6.07, 6.45) is 2.33. The lowest BCUT2D eigenvalue weighted by molar-refractivity contribution is 0.0357. The van der Waals surface area contributed by atoms with Gasteiger partial charge in [0.1, 0.15) is 11.3 Å². The van der Waals surface area contributed by atoms with Crippen LogP contribution in [0.3, 0.4) is 0 Å². The van der Waals surface area contributed by atoms with Crippen LogP contribution in [-0.2, 0) is 11.3 Å². The standard InChI is InChI=1S/C25H30N6O5/c1-33-20-7-4-17(16-27-20)24(32)29-25-28-21-18(23-26-8-10-31(23)25)5-6-19(22(21)34-2)36-13-3-9-30-11-14-35-15-12-30/h4-7,16,26H,3,8-15H2,1-2H3. The number of pyridine rings is 1. The Bertz CT molecular complexity index is 1300. The second kappa shape index (κ2) is 10.9. The Labute approximate surface area is 208 Å². The van der Waals surface area contributed by atoms with E-state index in [0.717, 1.165) is 50.5 Å². The molecular weight excluding hydrogens is 464 g/mol. The molecule has 0 radical (unpaired) electrons. The fourth-order valence-electron chi connectivity index (χ4n) is 4.42. The van der Waals surface area contributed by atoms with Crippen molar-refractivity contribution in [2.45, 2.75) is 13.0 Å². The van der Waals surface area contributed by atoms with Crippen LogP contribution in [0.2, 0.25) is 0 Å². The van der Waals surface area contributed by atoms with E-state index in [1.807, 2.05) is 16.7 Å². The minimum atomic E-state index is -0.437. The highest BCUT2D eigenvalue weighted by atomic mass is 16.5. The van der Waals surface area contributed by atoms with Crippen molar-refractivity contribution in [3.63, 3.8) is 0 Å². The molecule has 0 saturated carbocycles. The van der Waals surface area contributed by atoms with Crippen molar-refractivity contribution >= 4 is 22.6 Å². The van der Waals surface area contributed by atoms with Crippen molar-refractivity contribution in [3.05, 3.63) is 41.6 Å². The molecule has 2 aliphatic heterocycles. The third-order valence-corrected chi connectivity index (χ3v) is 6.28. The molecule has 0 bridgehead atoms. The molecule has 1 aromatic carbocycles. The maximum absolute atomic E-state index is 12.9. The number of nitrogens with one attached hydrogen (secondary N) is 1. The average Bonchev–Trinajstić information content (AvgIpc) is 3.42. The van der Waals surface area contributed by atoms with Gasteiger partial charge in [-0.1, -0.05) is 0 Å². The fourth-order valence-corrected chi connectivity index (χ4v) is 4.42. The number of carbonyl (C=O) groups is 1. The summed E-state index contributed by atoms with van der Waals surface area (Å²) in [5.74, 6) is 1.96. The Kier molecular flexibility index (Phi) is 7.28. The number of aromatic nitrogens is 3. The number of fused-ring (bicyclic) bond motifs is 3. The van der Waals surface area contributed by atoms with Crippen molar-refractivity contribution in [1.82, 2.24) is 19.4 Å². The molecule has 0 spiro atoms. The predicted molar refractivity (Wildman–Crippen MR) is 133 cm³/mol. The maximum atomic E-state index is 12.9. The van der Waals surface area contributed by atoms with Gasteiger partial charge in [0, 0.05) is 50.4 Å². The first-order valence-corrected chi connectivity index (χ1v) is 12.1. The van der Waals surface area contributed by atoms with E-state index in [-0.39, 0.29) is 0 Å². The molecule has 36 heavy (non-hydrogen) atoms. The van der Waals surface area contributed by atoms with Crippen molar-refractivity contribution < 1.29 is 23.7 Å². The lowest BCUT2D eigenvalue weighted by Crippen LogP contribution is -2.37. The summed E-state index contributed by atoms with van der Waals surface area (Å²) >= 11 is 0. The average molecular weight is 495 g/mol. The van der Waals surface area contributed by atoms with E-state index >= 15 is 0 Å². The number of hydrogen-bond donors (Lipinski definition) is 1. The first kappa shape index (κ1) is 24.0. The summed E-state index contributed by atoms with van der Waals surface area (Å²) in [6, 6.07) is 7.13. The predicted octanol–water partition coefficient (Wildman–Crippen LogP) is 1.72. The number of hydrogen-bond acceptors (Lipinski definition) is 9. The number of anilines is 1. The molecule has 0 atom stereocenters. The van der Waals surface area contributed by atoms with Crippen LogP contribution in [0.5, 0.6) is 17.4 Å². The summed E-state index contributed by atoms with van der Waals surface area (Å²) in [6.45, 7) is 6.34. The molecule has 2 aromatic heterocycles. The molecule has 190 valence electrons. The second-order valence-electron chi connectivity index (χ2n) is 8.49. The fraction of sp³-hybridized carbons (Fsp3) is 0.440. The lowest BCUT2D eigenvalue weighted by Gasteiger charge is -2.26. The highest BCUT2D eigenvalue weighted by molar-refractivity contribution is 5.96. The van der Waals surface area contributed by atoms with Gasteiger partial charge in [0.05, 0.1) is 39.6 Å². The molecule has 4 heterocycles. The molecule has 5 rings (SSSR count). The van der Waals surface area contributed by atoms with Crippen molar-refractivity contribution in [2.24, 2.45) is 4.99 Å². The maximum Gasteiger partial charge on any atom is 0.281 e. The van der Waals surface area contributed by atoms with Gasteiger partial charge in [-0.15, -0.1) is 0 Å². The number of morpholine rings is 1. The van der Waals surface area contributed by atoms with Gasteiger partial charge >= 0.3 is 0 Å². The van der Waals surface area contributed by atoms with Gasteiger partial charge in [0.25, 0.3) is 5.91 Å². The second-order valence-corrected chi connectivity index (χ2v) is 8.49. The third kappa shape index (κ3) is 4.98. The smallest absolute Gasteiger partial charge is 0.281 e. The molecule has 1 saturated heterocycles. The van der Waals surface area contributed by atoms with Gasteiger partial charge in [0.15, 0.2) is 11.5 Å². The van der Waals surface area contributed by atoms with Crippen molar-refractivity contribution in [2.75, 3.05) is 65.5 Å². The molecule has 0 aliphatic carbocycles. The van der Waals surface area contributed by atoms with Crippen LogP contribution in [0.1, 0.15) is 16.8 Å². The molecule has 1 amide bonds. The Morgan fingerprint density at radius 2 is 2.00 bits per heavy atom. The van der Waals surface area contributed by atoms with Gasteiger partial charge in [-0.2, -0.15) is 4.99 Å². The van der Waals surface area contributed by atoms with Gasteiger partial charge in [-0.3, -0.25) is 14.3 Å². The minimum Gasteiger partial charge on any atom is -0.491 e. The Morgan fingerprint density at radius 1 is 1.14 bits per heavy atom. The number of amides is 1. The normalized spacial score (nSPS) is 16.0. The molecule has 1 fully saturated rings. The van der Waals surface area contributed by atoms with Crippen LogP contribution < -0.4 is 25.1 Å². The molecule has 2 aliphatic rings. The zero-order chi connectivity index (χ0) is 24.9. The topological polar surface area (TPSA) is 112 Å². The van der Waals surface area contributed by atoms with E-state index in [4.69, 9.17) is 23.9 Å². The summed E-state index contributed by atoms with van der Waals surface area (Å²) < 4.78 is 24.2. The van der Waals surface area contributed by atoms with E-state index in [1.165, 1.54) is 13.3 Å². The Balaban J connectivity index is 1.43. The van der Waals surface area contributed by atoms with Crippen LogP contribution in [0.4, 0.5) is 5.82 Å². The lowest BCUT2D eigenvalue weighted by atomic mass is 10.2. The molecular formula is C25H30N6O5. The molecule has 11 heteroatoms. The number of nitrogens with zero attached hydrogens (tertiary/aromatic N) is 5. The zero-order valence-electron chi connectivity index (χ0n) is 20.5. The largest absolute Gasteiger partial charge is 0.491 e. The van der Waals surface area contributed by atoms with Gasteiger partial charge < -0.3 is 24.3 Å². The first-order valence-electron chi connectivity index (χ1n) is 12.1. The molecule has 1 N–H and O–H groups in total. The summed E-state index contributed by atoms with van der Waals surface area (Å²) in [7, 11) is 3.12. The van der Waals surface area contributed by atoms with Crippen molar-refractivity contribution in [1.29, 1.82) is 0 Å². The minimum absolute atomic E-state index is 0.297. The van der Waals surface area contributed by atoms with Crippen LogP contribution in [-0.4, -0.2) is 85.6 Å². The number of ether oxygens (including phenoxy) is 4. The van der Waals surface area contributed by atoms with Gasteiger partial charge in [0.2, 0.25) is 11.5 Å². The summed E-state index contributed by atoms with van der Waals surface area (Å²) in [5, 5.41) is 4.26. The highest BCUT2D eigenvalue weighted by Crippen LogP contribution is 2.37. The van der Waals surface area contributed by atoms with Crippen LogP contribution in [0.15, 0.2) is 35.5 Å². The molecule has 11 nitrogen and oxygen atoms in total. The van der Waals surface area contributed by atoms with Crippen molar-refractivity contribution in [3.8, 4) is 17.4 Å². The number of carbonyl (C=O) groups excluding carboxylic acids is 1. The van der Waals surface area contributed by atoms with Gasteiger partial charge in [-0.25, -0.2) is 9.97 Å². The number of rotatable bonds is 8. The number of methoxy groups -OCH3 is 2. The summed E-state index contributed by atoms with van der Waals surface area (Å²) in [5.41, 5.74) is 1.23. The SMILES string of the molecule is COc1ccc(C(=O)N=c2nc3c(OC)c(OCCCN4CCOCC4)ccc3c3n2CCN3)cn1. The molecule has 0 unspecified atom stereocenters. The highest BCUT2D eigenvalue weighted by Gasteiger charge is 2.21. The quantitative estimate of drug-likeness (QED) is 0.468. The molecule has 3 aromatic rings. The van der Waals surface area contributed by atoms with Crippen LogP contribution in [0.25, 0.3) is 10.9 Å². The van der Waals surface area contributed by atoms with E-state index in [1.54, 1.807) is 19.2 Å². The first-order chi connectivity index (χ1) is 17.7. The third-order valence-electron chi connectivity index (χ3n) is 6.28. The van der Waals surface area contributed by atoms with E-state index in [9.17, 15) is 4.79 Å². The van der Waals surface area contributed by atoms with E-state index < -0.39 is 5.91 Å². The summed E-state index contributed by atoms with van der Waals surface area (Å²) in [4.78, 5) is 28.4. The van der Waals surface area contributed by atoms with E-state index in [2.05, 4.69) is 20.2 Å². The van der Waals surface area contributed by atoms with Gasteiger partial charge in [-0.05, 0) is 24.6 Å². The Morgan fingerprint density at radius 3 is 2.75 bits per heavy atom.